The molecule has 3 nitrogen and oxygen atoms in total. The fourth-order valence-corrected chi connectivity index (χ4v) is 2.14. The van der Waals surface area contributed by atoms with Gasteiger partial charge in [-0.3, -0.25) is 4.79 Å². The van der Waals surface area contributed by atoms with Crippen LogP contribution in [0.15, 0.2) is 66.7 Å². The van der Waals surface area contributed by atoms with Crippen LogP contribution in [0.4, 0.5) is 5.69 Å². The molecule has 0 amide bonds. The van der Waals surface area contributed by atoms with Crippen LogP contribution in [0.25, 0.3) is 0 Å². The first kappa shape index (κ1) is 14.9. The van der Waals surface area contributed by atoms with Gasteiger partial charge in [0.25, 0.3) is 0 Å². The van der Waals surface area contributed by atoms with Crippen molar-refractivity contribution in [3.63, 3.8) is 0 Å². The van der Waals surface area contributed by atoms with Crippen LogP contribution >= 0.6 is 0 Å². The molecule has 0 fully saturated rings. The second-order valence-corrected chi connectivity index (χ2v) is 4.91. The maximum Gasteiger partial charge on any atom is 0.314 e. The SMILES string of the molecule is Cc1cccc(C(C=CCNc2ccccc2)C(=O)O)c1. The van der Waals surface area contributed by atoms with E-state index in [9.17, 15) is 9.90 Å². The molecule has 2 aromatic carbocycles. The molecule has 1 unspecified atom stereocenters. The van der Waals surface area contributed by atoms with Gasteiger partial charge < -0.3 is 10.4 Å². The zero-order valence-electron chi connectivity index (χ0n) is 12.0. The van der Waals surface area contributed by atoms with Gasteiger partial charge in [0.1, 0.15) is 0 Å². The lowest BCUT2D eigenvalue weighted by atomic mass is 9.97. The molecule has 2 aromatic rings. The lowest BCUT2D eigenvalue weighted by Gasteiger charge is -2.09. The predicted octanol–water partition coefficient (Wildman–Crippen LogP) is 3.83. The Hall–Kier alpha value is -2.55. The van der Waals surface area contributed by atoms with Gasteiger partial charge in [0.15, 0.2) is 0 Å². The highest BCUT2D eigenvalue weighted by Crippen LogP contribution is 2.19. The van der Waals surface area contributed by atoms with Crippen LogP contribution < -0.4 is 5.32 Å². The summed E-state index contributed by atoms with van der Waals surface area (Å²) in [4.78, 5) is 11.4. The molecule has 0 radical (unpaired) electrons. The van der Waals surface area contributed by atoms with Gasteiger partial charge >= 0.3 is 5.97 Å². The first-order valence-corrected chi connectivity index (χ1v) is 6.92. The summed E-state index contributed by atoms with van der Waals surface area (Å²) in [5.41, 5.74) is 2.89. The minimum atomic E-state index is -0.837. The van der Waals surface area contributed by atoms with Gasteiger partial charge in [-0.25, -0.2) is 0 Å². The number of anilines is 1. The molecule has 0 aliphatic heterocycles. The van der Waals surface area contributed by atoms with Crippen molar-refractivity contribution in [1.29, 1.82) is 0 Å². The summed E-state index contributed by atoms with van der Waals surface area (Å²) in [6, 6.07) is 17.4. The maximum atomic E-state index is 11.4. The van der Waals surface area contributed by atoms with Crippen molar-refractivity contribution in [3.8, 4) is 0 Å². The Morgan fingerprint density at radius 3 is 2.62 bits per heavy atom. The molecule has 2 N–H and O–H groups in total. The minimum Gasteiger partial charge on any atom is -0.481 e. The molecular formula is C18H19NO2. The summed E-state index contributed by atoms with van der Waals surface area (Å²) >= 11 is 0. The van der Waals surface area contributed by atoms with Crippen LogP contribution in [0.3, 0.4) is 0 Å². The second kappa shape index (κ2) is 7.29. The number of benzene rings is 2. The van der Waals surface area contributed by atoms with Crippen LogP contribution in [-0.4, -0.2) is 17.6 Å². The van der Waals surface area contributed by atoms with Crippen LogP contribution in [-0.2, 0) is 4.79 Å². The average molecular weight is 281 g/mol. The zero-order chi connectivity index (χ0) is 15.1. The normalized spacial score (nSPS) is 12.2. The van der Waals surface area contributed by atoms with E-state index >= 15 is 0 Å². The Labute approximate surface area is 124 Å². The number of rotatable bonds is 6. The van der Waals surface area contributed by atoms with Crippen molar-refractivity contribution >= 4 is 11.7 Å². The highest BCUT2D eigenvalue weighted by Gasteiger charge is 2.15. The molecule has 108 valence electrons. The summed E-state index contributed by atoms with van der Waals surface area (Å²) < 4.78 is 0. The zero-order valence-corrected chi connectivity index (χ0v) is 12.0. The number of aryl methyl sites for hydroxylation is 1. The van der Waals surface area contributed by atoms with Crippen LogP contribution in [0.2, 0.25) is 0 Å². The van der Waals surface area contributed by atoms with E-state index in [4.69, 9.17) is 0 Å². The maximum absolute atomic E-state index is 11.4. The largest absolute Gasteiger partial charge is 0.481 e. The van der Waals surface area contributed by atoms with Gasteiger partial charge in [-0.2, -0.15) is 0 Å². The Kier molecular flexibility index (Phi) is 5.16. The lowest BCUT2D eigenvalue weighted by molar-refractivity contribution is -0.137. The number of aliphatic carboxylic acids is 1. The van der Waals surface area contributed by atoms with Gasteiger partial charge in [0.2, 0.25) is 0 Å². The first-order valence-electron chi connectivity index (χ1n) is 6.92. The monoisotopic (exact) mass is 281 g/mol. The molecule has 21 heavy (non-hydrogen) atoms. The fraction of sp³-hybridized carbons (Fsp3) is 0.167. The third-order valence-corrected chi connectivity index (χ3v) is 3.19. The second-order valence-electron chi connectivity index (χ2n) is 4.91. The number of carboxylic acids is 1. The quantitative estimate of drug-likeness (QED) is 0.791. The van der Waals surface area contributed by atoms with Gasteiger partial charge in [0.05, 0.1) is 5.92 Å². The van der Waals surface area contributed by atoms with Crippen molar-refractivity contribution in [2.24, 2.45) is 0 Å². The molecule has 0 aliphatic rings. The topological polar surface area (TPSA) is 49.3 Å². The smallest absolute Gasteiger partial charge is 0.314 e. The Morgan fingerprint density at radius 2 is 1.95 bits per heavy atom. The number of carboxylic acid groups (broad SMARTS) is 1. The van der Waals surface area contributed by atoms with E-state index in [0.717, 1.165) is 16.8 Å². The third kappa shape index (κ3) is 4.49. The number of carbonyl (C=O) groups is 1. The standard InChI is InChI=1S/C18H19NO2/c1-14-7-5-8-15(13-14)17(18(20)21)11-6-12-19-16-9-3-2-4-10-16/h2-11,13,17,19H,12H2,1H3,(H,20,21). The van der Waals surface area contributed by atoms with Gasteiger partial charge in [-0.1, -0.05) is 60.2 Å². The molecule has 0 aliphatic carbocycles. The molecule has 0 heterocycles. The molecule has 0 aromatic heterocycles. The Morgan fingerprint density at radius 1 is 1.19 bits per heavy atom. The summed E-state index contributed by atoms with van der Waals surface area (Å²) in [7, 11) is 0. The molecule has 0 saturated heterocycles. The minimum absolute atomic E-state index is 0.597. The Balaban J connectivity index is 2.00. The summed E-state index contributed by atoms with van der Waals surface area (Å²) in [5.74, 6) is -1.45. The van der Waals surface area contributed by atoms with Crippen molar-refractivity contribution in [2.75, 3.05) is 11.9 Å². The van der Waals surface area contributed by atoms with Crippen LogP contribution in [0, 0.1) is 6.92 Å². The summed E-state index contributed by atoms with van der Waals surface area (Å²) in [6.07, 6.45) is 3.58. The summed E-state index contributed by atoms with van der Waals surface area (Å²) in [5, 5.41) is 12.6. The van der Waals surface area contributed by atoms with Gasteiger partial charge in [-0.05, 0) is 24.6 Å². The van der Waals surface area contributed by atoms with Crippen molar-refractivity contribution < 1.29 is 9.90 Å². The number of hydrogen-bond acceptors (Lipinski definition) is 2. The number of hydrogen-bond donors (Lipinski definition) is 2. The molecule has 0 bridgehead atoms. The van der Waals surface area contributed by atoms with Crippen molar-refractivity contribution in [1.82, 2.24) is 0 Å². The number of nitrogens with one attached hydrogen (secondary N) is 1. The fourth-order valence-electron chi connectivity index (χ4n) is 2.14. The van der Waals surface area contributed by atoms with Gasteiger partial charge in [0, 0.05) is 12.2 Å². The van der Waals surface area contributed by atoms with Crippen molar-refractivity contribution in [2.45, 2.75) is 12.8 Å². The molecule has 2 rings (SSSR count). The van der Waals surface area contributed by atoms with E-state index in [2.05, 4.69) is 5.32 Å². The molecule has 1 atom stereocenters. The molecule has 3 heteroatoms. The Bertz CT molecular complexity index is 620. The van der Waals surface area contributed by atoms with Crippen LogP contribution in [0.5, 0.6) is 0 Å². The summed E-state index contributed by atoms with van der Waals surface area (Å²) in [6.45, 7) is 2.56. The predicted molar refractivity (Wildman–Crippen MR) is 85.6 cm³/mol. The highest BCUT2D eigenvalue weighted by atomic mass is 16.4. The molecular weight excluding hydrogens is 262 g/mol. The van der Waals surface area contributed by atoms with Gasteiger partial charge in [-0.15, -0.1) is 0 Å². The van der Waals surface area contributed by atoms with E-state index in [1.54, 1.807) is 6.08 Å². The van der Waals surface area contributed by atoms with Crippen LogP contribution in [0.1, 0.15) is 17.0 Å². The van der Waals surface area contributed by atoms with E-state index in [0.29, 0.717) is 6.54 Å². The van der Waals surface area contributed by atoms with E-state index in [1.807, 2.05) is 67.6 Å². The highest BCUT2D eigenvalue weighted by molar-refractivity contribution is 5.78. The number of para-hydroxylation sites is 1. The molecule has 0 spiro atoms. The van der Waals surface area contributed by atoms with E-state index in [1.165, 1.54) is 0 Å². The van der Waals surface area contributed by atoms with Crippen molar-refractivity contribution in [3.05, 3.63) is 77.9 Å². The third-order valence-electron chi connectivity index (χ3n) is 3.19. The molecule has 0 saturated carbocycles. The average Bonchev–Trinajstić information content (AvgIpc) is 2.48. The van der Waals surface area contributed by atoms with E-state index in [-0.39, 0.29) is 0 Å². The lowest BCUT2D eigenvalue weighted by Crippen LogP contribution is -2.10. The van der Waals surface area contributed by atoms with E-state index < -0.39 is 11.9 Å². The first-order chi connectivity index (χ1) is 10.2.